The lowest BCUT2D eigenvalue weighted by atomic mass is 10.1. The molecule has 0 atom stereocenters. The van der Waals surface area contributed by atoms with Crippen molar-refractivity contribution >= 4 is 23.2 Å². The van der Waals surface area contributed by atoms with Gasteiger partial charge in [-0.15, -0.1) is 0 Å². The Bertz CT molecular complexity index is 950. The fourth-order valence-electron chi connectivity index (χ4n) is 2.59. The van der Waals surface area contributed by atoms with Crippen molar-refractivity contribution in [2.45, 2.75) is 20.8 Å². The van der Waals surface area contributed by atoms with Crippen LogP contribution in [-0.4, -0.2) is 21.0 Å². The minimum absolute atomic E-state index is 0.0295. The third-order valence-electron chi connectivity index (χ3n) is 3.76. The normalized spacial score (nSPS) is 10.4. The number of nitrogens with zero attached hydrogens (tertiary/aromatic N) is 2. The maximum absolute atomic E-state index is 12.5. The number of phenols is 1. The summed E-state index contributed by atoms with van der Waals surface area (Å²) in [5.41, 5.74) is 4.22. The number of aromatic hydroxyl groups is 1. The Morgan fingerprint density at radius 1 is 0.962 bits per heavy atom. The highest BCUT2D eigenvalue weighted by molar-refractivity contribution is 6.05. The number of phenolic OH excluding ortho intramolecular Hbond substituents is 1. The summed E-state index contributed by atoms with van der Waals surface area (Å²) in [4.78, 5) is 21.2. The van der Waals surface area contributed by atoms with Crippen molar-refractivity contribution in [3.8, 4) is 5.75 Å². The molecule has 0 aliphatic rings. The quantitative estimate of drug-likeness (QED) is 0.618. The summed E-state index contributed by atoms with van der Waals surface area (Å²) in [5, 5.41) is 15.7. The molecule has 132 valence electrons. The summed E-state index contributed by atoms with van der Waals surface area (Å²) >= 11 is 0. The fraction of sp³-hybridized carbons (Fsp3) is 0.150. The number of anilines is 3. The molecule has 1 heterocycles. The van der Waals surface area contributed by atoms with Crippen LogP contribution in [0.25, 0.3) is 0 Å². The number of hydrogen-bond acceptors (Lipinski definition) is 5. The molecule has 1 aromatic heterocycles. The first kappa shape index (κ1) is 17.4. The molecular weight excluding hydrogens is 328 g/mol. The molecule has 0 saturated carbocycles. The van der Waals surface area contributed by atoms with Crippen LogP contribution in [0.3, 0.4) is 0 Å². The van der Waals surface area contributed by atoms with Gasteiger partial charge in [-0.3, -0.25) is 4.79 Å². The van der Waals surface area contributed by atoms with Crippen molar-refractivity contribution < 1.29 is 9.90 Å². The molecule has 3 aromatic rings. The predicted octanol–water partition coefficient (Wildman–Crippen LogP) is 4.10. The number of hydrogen-bond donors (Lipinski definition) is 3. The number of nitrogens with one attached hydrogen (secondary N) is 2. The molecule has 1 amide bonds. The van der Waals surface area contributed by atoms with Crippen molar-refractivity contribution in [3.05, 3.63) is 71.0 Å². The van der Waals surface area contributed by atoms with Gasteiger partial charge in [-0.2, -0.15) is 0 Å². The van der Waals surface area contributed by atoms with Gasteiger partial charge in [0.15, 0.2) is 0 Å². The molecule has 0 radical (unpaired) electrons. The highest BCUT2D eigenvalue weighted by atomic mass is 16.3. The first-order valence-corrected chi connectivity index (χ1v) is 8.21. The fourth-order valence-corrected chi connectivity index (χ4v) is 2.59. The summed E-state index contributed by atoms with van der Waals surface area (Å²) in [6.45, 7) is 5.69. The number of benzene rings is 2. The molecule has 0 saturated heterocycles. The molecular formula is C20H20N4O2. The molecule has 26 heavy (non-hydrogen) atoms. The van der Waals surface area contributed by atoms with E-state index in [1.807, 2.05) is 32.9 Å². The third kappa shape index (κ3) is 4.16. The highest BCUT2D eigenvalue weighted by Gasteiger charge is 2.10. The van der Waals surface area contributed by atoms with E-state index in [-0.39, 0.29) is 11.7 Å². The minimum Gasteiger partial charge on any atom is -0.506 e. The molecule has 0 aliphatic heterocycles. The zero-order chi connectivity index (χ0) is 18.7. The molecule has 0 fully saturated rings. The summed E-state index contributed by atoms with van der Waals surface area (Å²) in [5.74, 6) is 0.203. The van der Waals surface area contributed by atoms with Crippen LogP contribution in [0.1, 0.15) is 27.3 Å². The summed E-state index contributed by atoms with van der Waals surface area (Å²) in [6, 6.07) is 14.0. The van der Waals surface area contributed by atoms with E-state index in [4.69, 9.17) is 0 Å². The Morgan fingerprint density at radius 2 is 1.69 bits per heavy atom. The van der Waals surface area contributed by atoms with Crippen LogP contribution in [0.2, 0.25) is 0 Å². The molecule has 0 aliphatic carbocycles. The average Bonchev–Trinajstić information content (AvgIpc) is 2.57. The SMILES string of the molecule is Cc1ccc(O)c(NC(=O)c2cccc(Nc3nc(C)cc(C)n3)c2)c1. The molecule has 6 nitrogen and oxygen atoms in total. The van der Waals surface area contributed by atoms with Crippen LogP contribution in [-0.2, 0) is 0 Å². The number of rotatable bonds is 4. The van der Waals surface area contributed by atoms with Crippen LogP contribution >= 0.6 is 0 Å². The number of amides is 1. The number of carbonyl (C=O) groups is 1. The van der Waals surface area contributed by atoms with E-state index >= 15 is 0 Å². The van der Waals surface area contributed by atoms with E-state index in [1.165, 1.54) is 0 Å². The van der Waals surface area contributed by atoms with E-state index < -0.39 is 0 Å². The third-order valence-corrected chi connectivity index (χ3v) is 3.76. The van der Waals surface area contributed by atoms with Crippen molar-refractivity contribution in [2.75, 3.05) is 10.6 Å². The number of aromatic nitrogens is 2. The van der Waals surface area contributed by atoms with E-state index in [2.05, 4.69) is 20.6 Å². The zero-order valence-corrected chi connectivity index (χ0v) is 14.9. The van der Waals surface area contributed by atoms with Gasteiger partial charge in [-0.05, 0) is 62.7 Å². The molecule has 3 rings (SSSR count). The van der Waals surface area contributed by atoms with Crippen molar-refractivity contribution in [2.24, 2.45) is 0 Å². The van der Waals surface area contributed by atoms with Gasteiger partial charge in [-0.1, -0.05) is 12.1 Å². The average molecular weight is 348 g/mol. The van der Waals surface area contributed by atoms with E-state index in [0.29, 0.717) is 22.9 Å². The first-order valence-electron chi connectivity index (χ1n) is 8.21. The van der Waals surface area contributed by atoms with Gasteiger partial charge in [0.05, 0.1) is 5.69 Å². The molecule has 3 N–H and O–H groups in total. The maximum Gasteiger partial charge on any atom is 0.255 e. The van der Waals surface area contributed by atoms with Crippen molar-refractivity contribution in [1.29, 1.82) is 0 Å². The number of aryl methyl sites for hydroxylation is 3. The van der Waals surface area contributed by atoms with E-state index in [9.17, 15) is 9.90 Å². The Hall–Kier alpha value is -3.41. The summed E-state index contributed by atoms with van der Waals surface area (Å²) < 4.78 is 0. The Kier molecular flexibility index (Phi) is 4.84. The van der Waals surface area contributed by atoms with Crippen molar-refractivity contribution in [3.63, 3.8) is 0 Å². The smallest absolute Gasteiger partial charge is 0.255 e. The largest absolute Gasteiger partial charge is 0.506 e. The molecule has 0 bridgehead atoms. The van der Waals surface area contributed by atoms with Gasteiger partial charge >= 0.3 is 0 Å². The molecule has 0 spiro atoms. The van der Waals surface area contributed by atoms with Gasteiger partial charge in [-0.25, -0.2) is 9.97 Å². The standard InChI is InChI=1S/C20H20N4O2/c1-12-7-8-18(25)17(9-12)24-19(26)15-5-4-6-16(11-15)23-20-21-13(2)10-14(3)22-20/h4-11,25H,1-3H3,(H,24,26)(H,21,22,23). The molecule has 2 aromatic carbocycles. The highest BCUT2D eigenvalue weighted by Crippen LogP contribution is 2.25. The van der Waals surface area contributed by atoms with Crippen LogP contribution in [0, 0.1) is 20.8 Å². The van der Waals surface area contributed by atoms with Crippen LogP contribution in [0.4, 0.5) is 17.3 Å². The lowest BCUT2D eigenvalue weighted by Gasteiger charge is -2.10. The lowest BCUT2D eigenvalue weighted by molar-refractivity contribution is 0.102. The van der Waals surface area contributed by atoms with Gasteiger partial charge in [0, 0.05) is 22.6 Å². The van der Waals surface area contributed by atoms with Gasteiger partial charge < -0.3 is 15.7 Å². The topological polar surface area (TPSA) is 87.1 Å². The maximum atomic E-state index is 12.5. The van der Waals surface area contributed by atoms with E-state index in [1.54, 1.807) is 36.4 Å². The number of carbonyl (C=O) groups excluding carboxylic acids is 1. The zero-order valence-electron chi connectivity index (χ0n) is 14.9. The van der Waals surface area contributed by atoms with Crippen LogP contribution in [0.15, 0.2) is 48.5 Å². The van der Waals surface area contributed by atoms with Gasteiger partial charge in [0.1, 0.15) is 5.75 Å². The van der Waals surface area contributed by atoms with Gasteiger partial charge in [0.2, 0.25) is 5.95 Å². The monoisotopic (exact) mass is 348 g/mol. The molecule has 6 heteroatoms. The second kappa shape index (κ2) is 7.23. The second-order valence-corrected chi connectivity index (χ2v) is 6.15. The first-order chi connectivity index (χ1) is 12.4. The van der Waals surface area contributed by atoms with E-state index in [0.717, 1.165) is 17.0 Å². The predicted molar refractivity (Wildman–Crippen MR) is 102 cm³/mol. The summed E-state index contributed by atoms with van der Waals surface area (Å²) in [7, 11) is 0. The van der Waals surface area contributed by atoms with Crippen LogP contribution in [0.5, 0.6) is 5.75 Å². The lowest BCUT2D eigenvalue weighted by Crippen LogP contribution is -2.12. The summed E-state index contributed by atoms with van der Waals surface area (Å²) in [6.07, 6.45) is 0. The van der Waals surface area contributed by atoms with Crippen molar-refractivity contribution in [1.82, 2.24) is 9.97 Å². The molecule has 0 unspecified atom stereocenters. The van der Waals surface area contributed by atoms with Gasteiger partial charge in [0.25, 0.3) is 5.91 Å². The second-order valence-electron chi connectivity index (χ2n) is 6.15. The van der Waals surface area contributed by atoms with Crippen LogP contribution < -0.4 is 10.6 Å². The Morgan fingerprint density at radius 3 is 2.42 bits per heavy atom. The minimum atomic E-state index is -0.309. The Balaban J connectivity index is 1.80. The Labute approximate surface area is 152 Å².